The van der Waals surface area contributed by atoms with Crippen molar-refractivity contribution >= 4 is 15.8 Å². The van der Waals surface area contributed by atoms with Gasteiger partial charge < -0.3 is 5.32 Å². The molecule has 0 amide bonds. The highest BCUT2D eigenvalue weighted by Crippen LogP contribution is 2.36. The predicted octanol–water partition coefficient (Wildman–Crippen LogP) is 3.66. The van der Waals surface area contributed by atoms with Crippen LogP contribution in [0, 0.1) is 13.8 Å². The zero-order valence-corrected chi connectivity index (χ0v) is 15.8. The van der Waals surface area contributed by atoms with Gasteiger partial charge in [-0.2, -0.15) is 4.31 Å². The van der Waals surface area contributed by atoms with Gasteiger partial charge in [0.2, 0.25) is 10.0 Å². The molecule has 1 saturated heterocycles. The van der Waals surface area contributed by atoms with Crippen molar-refractivity contribution in [2.75, 3.05) is 18.9 Å². The molecular formula is C19H25N3O2S. The van der Waals surface area contributed by atoms with Crippen LogP contribution >= 0.6 is 0 Å². The number of hydrogen-bond acceptors (Lipinski definition) is 4. The molecule has 0 aliphatic carbocycles. The fourth-order valence-corrected chi connectivity index (χ4v) is 5.09. The molecule has 0 radical (unpaired) electrons. The second-order valence-electron chi connectivity index (χ2n) is 6.56. The molecule has 3 rings (SSSR count). The van der Waals surface area contributed by atoms with E-state index in [1.807, 2.05) is 45.2 Å². The summed E-state index contributed by atoms with van der Waals surface area (Å²) in [6.07, 6.45) is 2.74. The Hall–Kier alpha value is -1.92. The summed E-state index contributed by atoms with van der Waals surface area (Å²) in [4.78, 5) is 4.90. The molecule has 0 bridgehead atoms. The van der Waals surface area contributed by atoms with Crippen LogP contribution in [0.25, 0.3) is 0 Å². The summed E-state index contributed by atoms with van der Waals surface area (Å²) in [6.45, 7) is 4.45. The van der Waals surface area contributed by atoms with Crippen LogP contribution in [-0.4, -0.2) is 31.3 Å². The van der Waals surface area contributed by atoms with Crippen molar-refractivity contribution in [2.24, 2.45) is 0 Å². The van der Waals surface area contributed by atoms with Gasteiger partial charge in [0.05, 0.1) is 10.9 Å². The van der Waals surface area contributed by atoms with Crippen LogP contribution in [0.1, 0.15) is 42.1 Å². The molecule has 0 saturated carbocycles. The summed E-state index contributed by atoms with van der Waals surface area (Å²) in [5, 5.41) is 3.03. The standard InChI is InChI=1S/C19H25N3O2S/c1-14-7-9-16(10-8-14)25(23,24)22-13-5-4-6-18(22)17-11-12-19(20-3)21-15(17)2/h7-12,18H,4-6,13H2,1-3H3,(H,20,21)/t18-/m0/s1. The minimum absolute atomic E-state index is 0.154. The van der Waals surface area contributed by atoms with Gasteiger partial charge in [-0.05, 0) is 50.5 Å². The topological polar surface area (TPSA) is 62.3 Å². The average molecular weight is 359 g/mol. The normalized spacial score (nSPS) is 18.9. The number of aryl methyl sites for hydroxylation is 2. The van der Waals surface area contributed by atoms with Gasteiger partial charge >= 0.3 is 0 Å². The maximum atomic E-state index is 13.2. The molecule has 1 aromatic heterocycles. The summed E-state index contributed by atoms with van der Waals surface area (Å²) in [5.74, 6) is 0.796. The van der Waals surface area contributed by atoms with Crippen LogP contribution in [0.4, 0.5) is 5.82 Å². The molecule has 1 aliphatic heterocycles. The van der Waals surface area contributed by atoms with Gasteiger partial charge in [0, 0.05) is 19.3 Å². The number of piperidine rings is 1. The minimum Gasteiger partial charge on any atom is -0.373 e. The van der Waals surface area contributed by atoms with Gasteiger partial charge in [0.1, 0.15) is 5.82 Å². The Morgan fingerprint density at radius 1 is 1.08 bits per heavy atom. The average Bonchev–Trinajstić information content (AvgIpc) is 2.62. The molecule has 25 heavy (non-hydrogen) atoms. The Morgan fingerprint density at radius 3 is 2.44 bits per heavy atom. The van der Waals surface area contributed by atoms with E-state index in [0.717, 1.165) is 41.9 Å². The summed E-state index contributed by atoms with van der Waals surface area (Å²) in [5.41, 5.74) is 2.93. The molecule has 1 fully saturated rings. The van der Waals surface area contributed by atoms with E-state index in [1.165, 1.54) is 0 Å². The summed E-state index contributed by atoms with van der Waals surface area (Å²) in [6, 6.07) is 10.9. The van der Waals surface area contributed by atoms with Crippen molar-refractivity contribution in [3.05, 3.63) is 53.2 Å². The zero-order chi connectivity index (χ0) is 18.0. The van der Waals surface area contributed by atoms with E-state index >= 15 is 0 Å². The first kappa shape index (κ1) is 17.9. The minimum atomic E-state index is -3.52. The maximum absolute atomic E-state index is 13.2. The van der Waals surface area contributed by atoms with Crippen molar-refractivity contribution < 1.29 is 8.42 Å². The number of sulfonamides is 1. The Kier molecular flexibility index (Phi) is 5.11. The number of anilines is 1. The molecule has 134 valence electrons. The van der Waals surface area contributed by atoms with E-state index in [1.54, 1.807) is 16.4 Å². The second-order valence-corrected chi connectivity index (χ2v) is 8.45. The lowest BCUT2D eigenvalue weighted by atomic mass is 9.96. The number of benzene rings is 1. The first-order valence-electron chi connectivity index (χ1n) is 8.67. The monoisotopic (exact) mass is 359 g/mol. The predicted molar refractivity (Wildman–Crippen MR) is 100 cm³/mol. The molecule has 1 aromatic carbocycles. The van der Waals surface area contributed by atoms with Gasteiger partial charge in [-0.1, -0.05) is 30.2 Å². The van der Waals surface area contributed by atoms with E-state index in [-0.39, 0.29) is 6.04 Å². The molecule has 5 nitrogen and oxygen atoms in total. The third-order valence-electron chi connectivity index (χ3n) is 4.82. The van der Waals surface area contributed by atoms with Gasteiger partial charge in [0.25, 0.3) is 0 Å². The first-order chi connectivity index (χ1) is 11.9. The molecule has 1 N–H and O–H groups in total. The fraction of sp³-hybridized carbons (Fsp3) is 0.421. The van der Waals surface area contributed by atoms with E-state index in [2.05, 4.69) is 10.3 Å². The van der Waals surface area contributed by atoms with Gasteiger partial charge in [-0.25, -0.2) is 13.4 Å². The van der Waals surface area contributed by atoms with Crippen LogP contribution in [0.3, 0.4) is 0 Å². The first-order valence-corrected chi connectivity index (χ1v) is 10.1. The van der Waals surface area contributed by atoms with Crippen molar-refractivity contribution in [1.82, 2.24) is 9.29 Å². The number of rotatable bonds is 4. The Balaban J connectivity index is 2.00. The van der Waals surface area contributed by atoms with Gasteiger partial charge in [-0.3, -0.25) is 0 Å². The fourth-order valence-electron chi connectivity index (χ4n) is 3.41. The van der Waals surface area contributed by atoms with Crippen molar-refractivity contribution in [3.63, 3.8) is 0 Å². The number of nitrogens with zero attached hydrogens (tertiary/aromatic N) is 2. The number of nitrogens with one attached hydrogen (secondary N) is 1. The molecular weight excluding hydrogens is 334 g/mol. The van der Waals surface area contributed by atoms with Gasteiger partial charge in [-0.15, -0.1) is 0 Å². The third kappa shape index (κ3) is 3.55. The van der Waals surface area contributed by atoms with E-state index in [4.69, 9.17) is 0 Å². The molecule has 0 unspecified atom stereocenters. The molecule has 0 spiro atoms. The molecule has 1 aliphatic rings. The quantitative estimate of drug-likeness (QED) is 0.905. The number of hydrogen-bond donors (Lipinski definition) is 1. The highest BCUT2D eigenvalue weighted by Gasteiger charge is 2.35. The van der Waals surface area contributed by atoms with Crippen LogP contribution in [0.2, 0.25) is 0 Å². The third-order valence-corrected chi connectivity index (χ3v) is 6.75. The van der Waals surface area contributed by atoms with Crippen molar-refractivity contribution in [2.45, 2.75) is 44.0 Å². The SMILES string of the molecule is CNc1ccc([C@@H]2CCCCN2S(=O)(=O)c2ccc(C)cc2)c(C)n1. The lowest BCUT2D eigenvalue weighted by Gasteiger charge is -2.35. The van der Waals surface area contributed by atoms with E-state index in [9.17, 15) is 8.42 Å². The summed E-state index contributed by atoms with van der Waals surface area (Å²) in [7, 11) is -1.69. The summed E-state index contributed by atoms with van der Waals surface area (Å²) >= 11 is 0. The number of aromatic nitrogens is 1. The summed E-state index contributed by atoms with van der Waals surface area (Å²) < 4.78 is 28.1. The molecule has 1 atom stereocenters. The van der Waals surface area contributed by atoms with Crippen LogP contribution in [-0.2, 0) is 10.0 Å². The van der Waals surface area contributed by atoms with Crippen LogP contribution in [0.15, 0.2) is 41.3 Å². The van der Waals surface area contributed by atoms with Crippen molar-refractivity contribution in [1.29, 1.82) is 0 Å². The smallest absolute Gasteiger partial charge is 0.243 e. The maximum Gasteiger partial charge on any atom is 0.243 e. The molecule has 2 heterocycles. The van der Waals surface area contributed by atoms with Crippen LogP contribution < -0.4 is 5.32 Å². The zero-order valence-electron chi connectivity index (χ0n) is 15.0. The Labute approximate surface area is 150 Å². The van der Waals surface area contributed by atoms with Crippen molar-refractivity contribution in [3.8, 4) is 0 Å². The second kappa shape index (κ2) is 7.14. The Bertz CT molecular complexity index is 847. The number of pyridine rings is 1. The Morgan fingerprint density at radius 2 is 1.80 bits per heavy atom. The van der Waals surface area contributed by atoms with E-state index < -0.39 is 10.0 Å². The molecule has 6 heteroatoms. The highest BCUT2D eigenvalue weighted by molar-refractivity contribution is 7.89. The lowest BCUT2D eigenvalue weighted by Crippen LogP contribution is -2.38. The largest absolute Gasteiger partial charge is 0.373 e. The van der Waals surface area contributed by atoms with Crippen LogP contribution in [0.5, 0.6) is 0 Å². The highest BCUT2D eigenvalue weighted by atomic mass is 32.2. The lowest BCUT2D eigenvalue weighted by molar-refractivity contribution is 0.255. The van der Waals surface area contributed by atoms with Gasteiger partial charge in [0.15, 0.2) is 0 Å². The molecule has 2 aromatic rings. The van der Waals surface area contributed by atoms with E-state index in [0.29, 0.717) is 11.4 Å².